The fraction of sp³-hybridized carbons (Fsp3) is 0.429. The molecule has 0 aromatic heterocycles. The first-order chi connectivity index (χ1) is 7.56. The van der Waals surface area contributed by atoms with E-state index in [0.29, 0.717) is 0 Å². The van der Waals surface area contributed by atoms with Gasteiger partial charge in [0.25, 0.3) is 0 Å². The van der Waals surface area contributed by atoms with Crippen LogP contribution in [0.15, 0.2) is 42.1 Å². The van der Waals surface area contributed by atoms with E-state index < -0.39 is 8.07 Å². The molecule has 88 valence electrons. The van der Waals surface area contributed by atoms with Crippen molar-refractivity contribution in [1.82, 2.24) is 0 Å². The minimum atomic E-state index is -1.45. The second-order valence-electron chi connectivity index (χ2n) is 4.79. The number of aliphatic hydroxyl groups excluding tert-OH is 1. The molecule has 1 N–H and O–H groups in total. The summed E-state index contributed by atoms with van der Waals surface area (Å²) >= 11 is 0. The van der Waals surface area contributed by atoms with Crippen molar-refractivity contribution >= 4 is 13.3 Å². The molecule has 0 spiro atoms. The number of aliphatic hydroxyl groups is 1. The third-order valence-corrected chi connectivity index (χ3v) is 5.82. The average Bonchev–Trinajstić information content (AvgIpc) is 2.30. The molecule has 0 saturated heterocycles. The Kier molecular flexibility index (Phi) is 4.96. The van der Waals surface area contributed by atoms with Crippen molar-refractivity contribution in [2.75, 3.05) is 0 Å². The van der Waals surface area contributed by atoms with Gasteiger partial charge in [0.1, 0.15) is 8.07 Å². The van der Waals surface area contributed by atoms with Gasteiger partial charge in [-0.05, 0) is 12.8 Å². The van der Waals surface area contributed by atoms with E-state index in [2.05, 4.69) is 55.2 Å². The maximum atomic E-state index is 9.49. The summed E-state index contributed by atoms with van der Waals surface area (Å²) < 4.78 is 0. The van der Waals surface area contributed by atoms with Crippen LogP contribution in [0.3, 0.4) is 0 Å². The SMILES string of the molecule is CCC(O)C/C=C\[Si](C)(C)c1ccccc1. The largest absolute Gasteiger partial charge is 0.393 e. The van der Waals surface area contributed by atoms with Gasteiger partial charge >= 0.3 is 0 Å². The lowest BCUT2D eigenvalue weighted by atomic mass is 10.2. The molecule has 16 heavy (non-hydrogen) atoms. The summed E-state index contributed by atoms with van der Waals surface area (Å²) in [7, 11) is -1.45. The normalized spacial score (nSPS) is 14.2. The molecule has 1 nitrogen and oxygen atoms in total. The Morgan fingerprint density at radius 3 is 2.44 bits per heavy atom. The van der Waals surface area contributed by atoms with E-state index in [1.54, 1.807) is 0 Å². The van der Waals surface area contributed by atoms with Gasteiger partial charge in [-0.25, -0.2) is 0 Å². The zero-order valence-electron chi connectivity index (χ0n) is 10.5. The fourth-order valence-corrected chi connectivity index (χ4v) is 3.62. The van der Waals surface area contributed by atoms with Crippen LogP contribution in [-0.4, -0.2) is 19.3 Å². The van der Waals surface area contributed by atoms with Crippen molar-refractivity contribution in [1.29, 1.82) is 0 Å². The second kappa shape index (κ2) is 6.02. The first-order valence-electron chi connectivity index (χ1n) is 5.97. The molecule has 1 aromatic carbocycles. The zero-order chi connectivity index (χ0) is 12.0. The van der Waals surface area contributed by atoms with Gasteiger partial charge in [0.05, 0.1) is 6.10 Å². The van der Waals surface area contributed by atoms with E-state index in [4.69, 9.17) is 0 Å². The smallest absolute Gasteiger partial charge is 0.103 e. The maximum absolute atomic E-state index is 9.49. The molecule has 1 rings (SSSR count). The minimum Gasteiger partial charge on any atom is -0.393 e. The maximum Gasteiger partial charge on any atom is 0.103 e. The molecule has 2 heteroatoms. The Morgan fingerprint density at radius 2 is 1.88 bits per heavy atom. The van der Waals surface area contributed by atoms with Crippen molar-refractivity contribution in [3.63, 3.8) is 0 Å². The Bertz CT molecular complexity index is 330. The Labute approximate surface area is 99.8 Å². The summed E-state index contributed by atoms with van der Waals surface area (Å²) in [5, 5.41) is 10.9. The van der Waals surface area contributed by atoms with E-state index in [1.807, 2.05) is 6.92 Å². The van der Waals surface area contributed by atoms with Crippen LogP contribution in [0.5, 0.6) is 0 Å². The molecule has 0 radical (unpaired) electrons. The van der Waals surface area contributed by atoms with Crippen LogP contribution in [0.25, 0.3) is 0 Å². The first kappa shape index (κ1) is 13.2. The molecular formula is C14H22OSi. The third-order valence-electron chi connectivity index (χ3n) is 2.93. The lowest BCUT2D eigenvalue weighted by Crippen LogP contribution is -2.39. The van der Waals surface area contributed by atoms with Gasteiger partial charge in [-0.3, -0.25) is 0 Å². The van der Waals surface area contributed by atoms with Gasteiger partial charge in [-0.15, -0.1) is 0 Å². The molecule has 0 saturated carbocycles. The average molecular weight is 234 g/mol. The summed E-state index contributed by atoms with van der Waals surface area (Å²) in [5.74, 6) is 0. The highest BCUT2D eigenvalue weighted by Crippen LogP contribution is 2.07. The van der Waals surface area contributed by atoms with Crippen LogP contribution in [0, 0.1) is 0 Å². The van der Waals surface area contributed by atoms with E-state index in [-0.39, 0.29) is 6.10 Å². The van der Waals surface area contributed by atoms with Gasteiger partial charge < -0.3 is 5.11 Å². The van der Waals surface area contributed by atoms with Crippen LogP contribution < -0.4 is 5.19 Å². The molecular weight excluding hydrogens is 212 g/mol. The quantitative estimate of drug-likeness (QED) is 0.777. The Morgan fingerprint density at radius 1 is 1.25 bits per heavy atom. The number of hydrogen-bond acceptors (Lipinski definition) is 1. The molecule has 1 atom stereocenters. The summed E-state index contributed by atoms with van der Waals surface area (Å²) in [6.07, 6.45) is 3.57. The summed E-state index contributed by atoms with van der Waals surface area (Å²) in [6, 6.07) is 10.6. The minimum absolute atomic E-state index is 0.183. The highest BCUT2D eigenvalue weighted by atomic mass is 28.3. The molecule has 1 unspecified atom stereocenters. The van der Waals surface area contributed by atoms with E-state index in [1.165, 1.54) is 5.19 Å². The number of hydrogen-bond donors (Lipinski definition) is 1. The fourth-order valence-electron chi connectivity index (χ4n) is 1.65. The predicted octanol–water partition coefficient (Wildman–Crippen LogP) is 2.86. The molecule has 0 amide bonds. The molecule has 0 aliphatic carbocycles. The summed E-state index contributed by atoms with van der Waals surface area (Å²) in [4.78, 5) is 0. The highest BCUT2D eigenvalue weighted by molar-refractivity contribution is 6.93. The first-order valence-corrected chi connectivity index (χ1v) is 9.05. The van der Waals surface area contributed by atoms with Crippen molar-refractivity contribution in [3.8, 4) is 0 Å². The van der Waals surface area contributed by atoms with Crippen molar-refractivity contribution in [2.24, 2.45) is 0 Å². The van der Waals surface area contributed by atoms with Crippen LogP contribution in [0.2, 0.25) is 13.1 Å². The van der Waals surface area contributed by atoms with Crippen molar-refractivity contribution in [3.05, 3.63) is 42.1 Å². The zero-order valence-corrected chi connectivity index (χ0v) is 11.5. The third kappa shape index (κ3) is 3.95. The van der Waals surface area contributed by atoms with Gasteiger partial charge in [-0.2, -0.15) is 0 Å². The van der Waals surface area contributed by atoms with Crippen LogP contribution in [0.1, 0.15) is 19.8 Å². The van der Waals surface area contributed by atoms with Crippen LogP contribution >= 0.6 is 0 Å². The Balaban J connectivity index is 2.65. The Hall–Kier alpha value is -0.863. The standard InChI is InChI=1S/C14H22OSi/c1-4-13(15)9-8-12-16(2,3)14-10-6-5-7-11-14/h5-8,10-13,15H,4,9H2,1-3H3/b12-8-. The van der Waals surface area contributed by atoms with Crippen molar-refractivity contribution < 1.29 is 5.11 Å². The second-order valence-corrected chi connectivity index (χ2v) is 9.14. The van der Waals surface area contributed by atoms with Crippen LogP contribution in [-0.2, 0) is 0 Å². The van der Waals surface area contributed by atoms with Gasteiger partial charge in [0.2, 0.25) is 0 Å². The molecule has 1 aromatic rings. The molecule has 0 bridgehead atoms. The monoisotopic (exact) mass is 234 g/mol. The lowest BCUT2D eigenvalue weighted by Gasteiger charge is -2.18. The van der Waals surface area contributed by atoms with E-state index in [0.717, 1.165) is 12.8 Å². The molecule has 0 fully saturated rings. The molecule has 0 heterocycles. The molecule has 0 aliphatic rings. The van der Waals surface area contributed by atoms with Crippen molar-refractivity contribution in [2.45, 2.75) is 39.0 Å². The van der Waals surface area contributed by atoms with E-state index in [9.17, 15) is 5.11 Å². The highest BCUT2D eigenvalue weighted by Gasteiger charge is 2.18. The molecule has 0 aliphatic heterocycles. The topological polar surface area (TPSA) is 20.2 Å². The summed E-state index contributed by atoms with van der Waals surface area (Å²) in [5.41, 5.74) is 2.32. The number of benzene rings is 1. The lowest BCUT2D eigenvalue weighted by molar-refractivity contribution is 0.174. The predicted molar refractivity (Wildman–Crippen MR) is 73.6 cm³/mol. The van der Waals surface area contributed by atoms with Gasteiger partial charge in [0, 0.05) is 0 Å². The van der Waals surface area contributed by atoms with E-state index >= 15 is 0 Å². The van der Waals surface area contributed by atoms with Gasteiger partial charge in [-0.1, -0.05) is 67.3 Å². The van der Waals surface area contributed by atoms with Gasteiger partial charge in [0.15, 0.2) is 0 Å². The number of rotatable bonds is 5. The summed E-state index contributed by atoms with van der Waals surface area (Å²) in [6.45, 7) is 6.67. The van der Waals surface area contributed by atoms with Crippen LogP contribution in [0.4, 0.5) is 0 Å².